The largest absolute Gasteiger partial charge is 0.336 e. The molecule has 0 aliphatic carbocycles. The lowest BCUT2D eigenvalue weighted by Crippen LogP contribution is -2.38. The molecule has 1 heterocycles. The van der Waals surface area contributed by atoms with E-state index in [1.54, 1.807) is 11.9 Å². The number of rotatable bonds is 6. The minimum atomic E-state index is -0.150. The molecule has 2 N–H and O–H groups in total. The fourth-order valence-corrected chi connectivity index (χ4v) is 3.82. The zero-order valence-corrected chi connectivity index (χ0v) is 18.0. The number of nitrogens with one attached hydrogen (secondary N) is 2. The van der Waals surface area contributed by atoms with Crippen molar-refractivity contribution in [1.82, 2.24) is 10.2 Å². The van der Waals surface area contributed by atoms with Gasteiger partial charge in [-0.1, -0.05) is 24.6 Å². The van der Waals surface area contributed by atoms with E-state index >= 15 is 0 Å². The molecule has 6 heteroatoms. The van der Waals surface area contributed by atoms with E-state index in [-0.39, 0.29) is 30.8 Å². The molecule has 0 bridgehead atoms. The van der Waals surface area contributed by atoms with Crippen molar-refractivity contribution < 1.29 is 9.59 Å². The van der Waals surface area contributed by atoms with Gasteiger partial charge in [0.25, 0.3) is 0 Å². The molecule has 0 aromatic heterocycles. The highest BCUT2D eigenvalue weighted by molar-refractivity contribution is 5.95. The monoisotopic (exact) mass is 395 g/mol. The van der Waals surface area contributed by atoms with Gasteiger partial charge in [0.2, 0.25) is 11.8 Å². The average Bonchev–Trinajstić information content (AvgIpc) is 2.58. The summed E-state index contributed by atoms with van der Waals surface area (Å²) in [5.74, 6) is 0.772. The Kier molecular flexibility index (Phi) is 9.27. The van der Waals surface area contributed by atoms with Crippen LogP contribution in [0.2, 0.25) is 0 Å². The number of halogens is 1. The summed E-state index contributed by atoms with van der Waals surface area (Å²) in [5, 5.41) is 6.37. The van der Waals surface area contributed by atoms with Crippen molar-refractivity contribution in [2.75, 3.05) is 32.0 Å². The maximum atomic E-state index is 12.5. The first-order valence-electron chi connectivity index (χ1n) is 9.60. The zero-order chi connectivity index (χ0) is 19.3. The number of amides is 2. The molecule has 2 amide bonds. The summed E-state index contributed by atoms with van der Waals surface area (Å²) in [7, 11) is 1.71. The van der Waals surface area contributed by atoms with Crippen LogP contribution in [0.3, 0.4) is 0 Å². The standard InChI is InChI=1S/C21H33N3O2.ClH/c1-14-9-16(3)21(17(4)10-14)23-19(25)13-24(5)20(26)11-15(2)18-7-6-8-22-12-18;/h9-10,15,18,22H,6-8,11-13H2,1-5H3,(H,23,25);1H. The summed E-state index contributed by atoms with van der Waals surface area (Å²) >= 11 is 0. The number of piperidine rings is 1. The molecule has 0 saturated carbocycles. The molecule has 2 rings (SSSR count). The Morgan fingerprint density at radius 3 is 2.44 bits per heavy atom. The smallest absolute Gasteiger partial charge is 0.243 e. The highest BCUT2D eigenvalue weighted by atomic mass is 35.5. The molecular formula is C21H34ClN3O2. The molecule has 1 saturated heterocycles. The number of carbonyl (C=O) groups is 2. The van der Waals surface area contributed by atoms with Crippen LogP contribution in [0.1, 0.15) is 42.9 Å². The number of carbonyl (C=O) groups excluding carboxylic acids is 2. The molecule has 1 aliphatic rings. The van der Waals surface area contributed by atoms with E-state index in [2.05, 4.69) is 29.7 Å². The van der Waals surface area contributed by atoms with E-state index in [1.807, 2.05) is 20.8 Å². The number of likely N-dealkylation sites (N-methyl/N-ethyl adjacent to an activating group) is 1. The molecule has 1 aliphatic heterocycles. The highest BCUT2D eigenvalue weighted by Gasteiger charge is 2.24. The second-order valence-corrected chi connectivity index (χ2v) is 7.86. The Hall–Kier alpha value is -1.59. The number of aryl methyl sites for hydroxylation is 3. The van der Waals surface area contributed by atoms with Crippen LogP contribution in [-0.4, -0.2) is 43.4 Å². The van der Waals surface area contributed by atoms with E-state index in [9.17, 15) is 9.59 Å². The lowest BCUT2D eigenvalue weighted by Gasteiger charge is -2.29. The van der Waals surface area contributed by atoms with Crippen LogP contribution in [0.25, 0.3) is 0 Å². The van der Waals surface area contributed by atoms with Crippen molar-refractivity contribution in [2.24, 2.45) is 11.8 Å². The van der Waals surface area contributed by atoms with Gasteiger partial charge in [-0.05, 0) is 69.7 Å². The topological polar surface area (TPSA) is 61.4 Å². The first-order valence-corrected chi connectivity index (χ1v) is 9.60. The second-order valence-electron chi connectivity index (χ2n) is 7.86. The molecule has 1 fully saturated rings. The van der Waals surface area contributed by atoms with Crippen LogP contribution in [-0.2, 0) is 9.59 Å². The van der Waals surface area contributed by atoms with Gasteiger partial charge in [0, 0.05) is 19.2 Å². The fraction of sp³-hybridized carbons (Fsp3) is 0.619. The number of benzene rings is 1. The van der Waals surface area contributed by atoms with Gasteiger partial charge in [-0.15, -0.1) is 12.4 Å². The lowest BCUT2D eigenvalue weighted by molar-refractivity contribution is -0.134. The zero-order valence-electron chi connectivity index (χ0n) is 17.2. The van der Waals surface area contributed by atoms with Gasteiger partial charge in [-0.2, -0.15) is 0 Å². The van der Waals surface area contributed by atoms with E-state index in [0.717, 1.165) is 29.9 Å². The quantitative estimate of drug-likeness (QED) is 0.775. The fourth-order valence-electron chi connectivity index (χ4n) is 3.82. The molecule has 2 atom stereocenters. The maximum Gasteiger partial charge on any atom is 0.243 e. The highest BCUT2D eigenvalue weighted by Crippen LogP contribution is 2.24. The molecule has 1 aromatic rings. The SMILES string of the molecule is Cc1cc(C)c(NC(=O)CN(C)C(=O)CC(C)C2CCCNC2)c(C)c1.Cl. The van der Waals surface area contributed by atoms with Gasteiger partial charge >= 0.3 is 0 Å². The third-order valence-corrected chi connectivity index (χ3v) is 5.38. The van der Waals surface area contributed by atoms with Crippen LogP contribution in [0.4, 0.5) is 5.69 Å². The van der Waals surface area contributed by atoms with Crippen molar-refractivity contribution in [2.45, 2.75) is 47.0 Å². The summed E-state index contributed by atoms with van der Waals surface area (Å²) in [4.78, 5) is 26.4. The van der Waals surface area contributed by atoms with E-state index < -0.39 is 0 Å². The van der Waals surface area contributed by atoms with Gasteiger partial charge in [0.15, 0.2) is 0 Å². The molecule has 27 heavy (non-hydrogen) atoms. The minimum Gasteiger partial charge on any atom is -0.336 e. The molecule has 1 aromatic carbocycles. The first-order chi connectivity index (χ1) is 12.3. The van der Waals surface area contributed by atoms with Gasteiger partial charge < -0.3 is 15.5 Å². The molecule has 2 unspecified atom stereocenters. The number of anilines is 1. The molecule has 5 nitrogen and oxygen atoms in total. The average molecular weight is 396 g/mol. The Morgan fingerprint density at radius 2 is 1.89 bits per heavy atom. The molecule has 0 radical (unpaired) electrons. The van der Waals surface area contributed by atoms with Crippen molar-refractivity contribution in [1.29, 1.82) is 0 Å². The Balaban J connectivity index is 0.00000364. The third kappa shape index (κ3) is 6.82. The van der Waals surface area contributed by atoms with Crippen LogP contribution in [0.15, 0.2) is 12.1 Å². The Morgan fingerprint density at radius 1 is 1.26 bits per heavy atom. The van der Waals surface area contributed by atoms with Crippen LogP contribution in [0.5, 0.6) is 0 Å². The van der Waals surface area contributed by atoms with E-state index in [0.29, 0.717) is 18.3 Å². The second kappa shape index (κ2) is 10.7. The van der Waals surface area contributed by atoms with E-state index in [4.69, 9.17) is 0 Å². The molecular weight excluding hydrogens is 362 g/mol. The molecule has 0 spiro atoms. The normalized spacial score (nSPS) is 17.6. The Bertz CT molecular complexity index is 634. The number of hydrogen-bond acceptors (Lipinski definition) is 3. The van der Waals surface area contributed by atoms with Gasteiger partial charge in [-0.25, -0.2) is 0 Å². The first kappa shape index (κ1) is 23.4. The Labute approximate surface area is 169 Å². The van der Waals surface area contributed by atoms with E-state index in [1.165, 1.54) is 18.4 Å². The van der Waals surface area contributed by atoms with Gasteiger partial charge in [-0.3, -0.25) is 9.59 Å². The summed E-state index contributed by atoms with van der Waals surface area (Å²) in [6, 6.07) is 4.11. The van der Waals surface area contributed by atoms with Crippen LogP contribution >= 0.6 is 12.4 Å². The van der Waals surface area contributed by atoms with Crippen LogP contribution < -0.4 is 10.6 Å². The maximum absolute atomic E-state index is 12.5. The minimum absolute atomic E-state index is 0. The van der Waals surface area contributed by atoms with Crippen LogP contribution in [0, 0.1) is 32.6 Å². The van der Waals surface area contributed by atoms with Crippen molar-refractivity contribution in [3.05, 3.63) is 28.8 Å². The third-order valence-electron chi connectivity index (χ3n) is 5.38. The van der Waals surface area contributed by atoms with Crippen molar-refractivity contribution in [3.63, 3.8) is 0 Å². The predicted octanol–water partition coefficient (Wildman–Crippen LogP) is 3.46. The van der Waals surface area contributed by atoms with Crippen molar-refractivity contribution in [3.8, 4) is 0 Å². The van der Waals surface area contributed by atoms with Crippen molar-refractivity contribution >= 4 is 29.9 Å². The van der Waals surface area contributed by atoms with Gasteiger partial charge in [0.05, 0.1) is 6.54 Å². The number of nitrogens with zero attached hydrogens (tertiary/aromatic N) is 1. The lowest BCUT2D eigenvalue weighted by atomic mass is 9.85. The summed E-state index contributed by atoms with van der Waals surface area (Å²) in [6.45, 7) is 10.3. The molecule has 152 valence electrons. The summed E-state index contributed by atoms with van der Waals surface area (Å²) in [6.07, 6.45) is 2.85. The predicted molar refractivity (Wildman–Crippen MR) is 114 cm³/mol. The number of hydrogen-bond donors (Lipinski definition) is 2. The summed E-state index contributed by atoms with van der Waals surface area (Å²) < 4.78 is 0. The summed E-state index contributed by atoms with van der Waals surface area (Å²) in [5.41, 5.74) is 4.12. The van der Waals surface area contributed by atoms with Gasteiger partial charge in [0.1, 0.15) is 0 Å².